The monoisotopic (exact) mass is 297 g/mol. The Morgan fingerprint density at radius 2 is 2.09 bits per heavy atom. The molecule has 22 heavy (non-hydrogen) atoms. The lowest BCUT2D eigenvalue weighted by Gasteiger charge is -2.06. The Kier molecular flexibility index (Phi) is 3.46. The maximum atomic E-state index is 12.0. The second kappa shape index (κ2) is 5.44. The van der Waals surface area contributed by atoms with E-state index >= 15 is 0 Å². The summed E-state index contributed by atoms with van der Waals surface area (Å²) in [6.07, 6.45) is 1.48. The Morgan fingerprint density at radius 1 is 1.32 bits per heavy atom. The zero-order valence-corrected chi connectivity index (χ0v) is 12.3. The Balaban J connectivity index is 1.79. The summed E-state index contributed by atoms with van der Waals surface area (Å²) in [5.41, 5.74) is 7.78. The summed E-state index contributed by atoms with van der Waals surface area (Å²) in [5.74, 6) is 0.279. The molecule has 0 unspecified atom stereocenters. The molecular weight excluding hydrogens is 282 g/mol. The summed E-state index contributed by atoms with van der Waals surface area (Å²) < 4.78 is 6.85. The van der Waals surface area contributed by atoms with Crippen molar-refractivity contribution >= 4 is 22.7 Å². The average molecular weight is 297 g/mol. The molecule has 7 heteroatoms. The van der Waals surface area contributed by atoms with Gasteiger partial charge < -0.3 is 10.5 Å². The van der Waals surface area contributed by atoms with E-state index < -0.39 is 5.97 Å². The van der Waals surface area contributed by atoms with Crippen molar-refractivity contribution in [2.75, 3.05) is 5.73 Å². The summed E-state index contributed by atoms with van der Waals surface area (Å²) in [5, 5.41) is 4.79. The van der Waals surface area contributed by atoms with Gasteiger partial charge in [0.1, 0.15) is 11.4 Å². The Labute approximate surface area is 126 Å². The van der Waals surface area contributed by atoms with Gasteiger partial charge in [-0.25, -0.2) is 14.8 Å². The number of hydrogen-bond donors (Lipinski definition) is 1. The van der Waals surface area contributed by atoms with E-state index in [9.17, 15) is 4.79 Å². The summed E-state index contributed by atoms with van der Waals surface area (Å²) >= 11 is 0. The molecule has 0 saturated carbocycles. The number of carbonyl (C=O) groups excluding carboxylic acids is 1. The molecule has 0 aliphatic rings. The molecule has 3 rings (SSSR count). The van der Waals surface area contributed by atoms with Gasteiger partial charge in [0, 0.05) is 18.1 Å². The summed E-state index contributed by atoms with van der Waals surface area (Å²) in [4.78, 5) is 20.5. The fourth-order valence-corrected chi connectivity index (χ4v) is 2.12. The van der Waals surface area contributed by atoms with Gasteiger partial charge in [-0.15, -0.1) is 0 Å². The van der Waals surface area contributed by atoms with Crippen molar-refractivity contribution in [2.45, 2.75) is 13.5 Å². The molecule has 2 heterocycles. The van der Waals surface area contributed by atoms with E-state index in [0.29, 0.717) is 17.2 Å². The van der Waals surface area contributed by atoms with E-state index in [2.05, 4.69) is 15.1 Å². The highest BCUT2D eigenvalue weighted by Gasteiger charge is 2.15. The third kappa shape index (κ3) is 2.48. The molecule has 0 aliphatic heterocycles. The second-order valence-corrected chi connectivity index (χ2v) is 4.89. The molecule has 0 radical (unpaired) electrons. The van der Waals surface area contributed by atoms with Gasteiger partial charge >= 0.3 is 5.97 Å². The van der Waals surface area contributed by atoms with Gasteiger partial charge in [0.05, 0.1) is 11.7 Å². The molecule has 2 aromatic heterocycles. The van der Waals surface area contributed by atoms with Gasteiger partial charge in [-0.2, -0.15) is 5.10 Å². The van der Waals surface area contributed by atoms with Crippen LogP contribution in [0.2, 0.25) is 0 Å². The maximum Gasteiger partial charge on any atom is 0.342 e. The van der Waals surface area contributed by atoms with Crippen molar-refractivity contribution in [3.8, 4) is 0 Å². The minimum Gasteiger partial charge on any atom is -0.454 e. The van der Waals surface area contributed by atoms with Crippen molar-refractivity contribution in [1.82, 2.24) is 19.7 Å². The number of ether oxygens (including phenoxy) is 1. The molecule has 112 valence electrons. The van der Waals surface area contributed by atoms with E-state index in [1.54, 1.807) is 18.7 Å². The third-order valence-corrected chi connectivity index (χ3v) is 3.47. The first kappa shape index (κ1) is 14.0. The number of nitrogens with zero attached hydrogens (tertiary/aromatic N) is 4. The predicted molar refractivity (Wildman–Crippen MR) is 81.0 cm³/mol. The van der Waals surface area contributed by atoms with Gasteiger partial charge in [-0.3, -0.25) is 4.68 Å². The largest absolute Gasteiger partial charge is 0.454 e. The lowest BCUT2D eigenvalue weighted by atomic mass is 10.2. The molecule has 7 nitrogen and oxygen atoms in total. The lowest BCUT2D eigenvalue weighted by molar-refractivity contribution is 0.0461. The number of hydrogen-bond acceptors (Lipinski definition) is 6. The first-order valence-corrected chi connectivity index (χ1v) is 6.73. The van der Waals surface area contributed by atoms with Crippen LogP contribution < -0.4 is 5.73 Å². The van der Waals surface area contributed by atoms with Gasteiger partial charge in [0.25, 0.3) is 0 Å². The minimum absolute atomic E-state index is 0.0395. The smallest absolute Gasteiger partial charge is 0.342 e. The van der Waals surface area contributed by atoms with E-state index in [1.165, 1.54) is 6.20 Å². The highest BCUT2D eigenvalue weighted by molar-refractivity contribution is 5.90. The van der Waals surface area contributed by atoms with Crippen LogP contribution in [0.3, 0.4) is 0 Å². The zero-order chi connectivity index (χ0) is 15.7. The van der Waals surface area contributed by atoms with Crippen LogP contribution in [-0.2, 0) is 18.4 Å². The number of benzene rings is 1. The second-order valence-electron chi connectivity index (χ2n) is 4.89. The van der Waals surface area contributed by atoms with Crippen molar-refractivity contribution in [3.05, 3.63) is 47.5 Å². The summed E-state index contributed by atoms with van der Waals surface area (Å²) in [7, 11) is 1.76. The quantitative estimate of drug-likeness (QED) is 0.738. The molecule has 0 aliphatic carbocycles. The lowest BCUT2D eigenvalue weighted by Crippen LogP contribution is -2.09. The number of aromatic nitrogens is 4. The van der Waals surface area contributed by atoms with Crippen molar-refractivity contribution in [3.63, 3.8) is 0 Å². The van der Waals surface area contributed by atoms with Gasteiger partial charge in [0.2, 0.25) is 0 Å². The number of esters is 1. The van der Waals surface area contributed by atoms with Crippen molar-refractivity contribution in [1.29, 1.82) is 0 Å². The van der Waals surface area contributed by atoms with E-state index in [-0.39, 0.29) is 6.61 Å². The van der Waals surface area contributed by atoms with Gasteiger partial charge in [-0.1, -0.05) is 12.1 Å². The molecule has 0 spiro atoms. The van der Waals surface area contributed by atoms with E-state index in [1.807, 2.05) is 24.3 Å². The number of fused-ring (bicyclic) bond motifs is 1. The third-order valence-electron chi connectivity index (χ3n) is 3.47. The minimum atomic E-state index is -0.457. The fraction of sp³-hybridized carbons (Fsp3) is 0.200. The number of aryl methyl sites for hydroxylation is 1. The molecule has 0 fully saturated rings. The SMILES string of the molecule is Cc1c(C(=O)OCc2nc(N)c3ccccc3n2)cnn1C. The fourth-order valence-electron chi connectivity index (χ4n) is 2.12. The van der Waals surface area contributed by atoms with Crippen LogP contribution in [0.4, 0.5) is 5.82 Å². The highest BCUT2D eigenvalue weighted by atomic mass is 16.5. The number of carbonyl (C=O) groups is 1. The molecular formula is C15H15N5O2. The highest BCUT2D eigenvalue weighted by Crippen LogP contribution is 2.17. The van der Waals surface area contributed by atoms with Crippen molar-refractivity contribution in [2.24, 2.45) is 7.05 Å². The first-order valence-electron chi connectivity index (χ1n) is 6.73. The van der Waals surface area contributed by atoms with Crippen LogP contribution in [0.5, 0.6) is 0 Å². The van der Waals surface area contributed by atoms with Gasteiger partial charge in [0.15, 0.2) is 12.4 Å². The number of nitrogen functional groups attached to an aromatic ring is 1. The van der Waals surface area contributed by atoms with E-state index in [4.69, 9.17) is 10.5 Å². The van der Waals surface area contributed by atoms with Crippen LogP contribution in [0, 0.1) is 6.92 Å². The standard InChI is InChI=1S/C15H15N5O2/c1-9-11(7-17-20(9)2)15(21)22-8-13-18-12-6-4-3-5-10(12)14(16)19-13/h3-7H,8H2,1-2H3,(H2,16,18,19). The molecule has 0 bridgehead atoms. The number of rotatable bonds is 3. The molecule has 0 amide bonds. The molecule has 3 aromatic rings. The summed E-state index contributed by atoms with van der Waals surface area (Å²) in [6.45, 7) is 1.76. The van der Waals surface area contributed by atoms with E-state index in [0.717, 1.165) is 16.6 Å². The van der Waals surface area contributed by atoms with Crippen LogP contribution in [-0.4, -0.2) is 25.7 Å². The summed E-state index contributed by atoms with van der Waals surface area (Å²) in [6, 6.07) is 7.42. The normalized spacial score (nSPS) is 10.8. The van der Waals surface area contributed by atoms with Gasteiger partial charge in [-0.05, 0) is 19.1 Å². The molecule has 1 aromatic carbocycles. The number of anilines is 1. The van der Waals surface area contributed by atoms with Crippen molar-refractivity contribution < 1.29 is 9.53 Å². The number of para-hydroxylation sites is 1. The van der Waals surface area contributed by atoms with Crippen LogP contribution in [0.25, 0.3) is 10.9 Å². The van der Waals surface area contributed by atoms with Crippen LogP contribution in [0.15, 0.2) is 30.5 Å². The average Bonchev–Trinajstić information content (AvgIpc) is 2.85. The topological polar surface area (TPSA) is 95.9 Å². The van der Waals surface area contributed by atoms with Crippen LogP contribution >= 0.6 is 0 Å². The first-order chi connectivity index (χ1) is 10.6. The Morgan fingerprint density at radius 3 is 2.82 bits per heavy atom. The Hall–Kier alpha value is -2.96. The number of nitrogens with two attached hydrogens (primary N) is 1. The molecule has 0 atom stereocenters. The Bertz CT molecular complexity index is 856. The maximum absolute atomic E-state index is 12.0. The van der Waals surface area contributed by atoms with Crippen LogP contribution in [0.1, 0.15) is 21.9 Å². The molecule has 0 saturated heterocycles. The predicted octanol–water partition coefficient (Wildman–Crippen LogP) is 1.61. The molecule has 2 N–H and O–H groups in total. The zero-order valence-electron chi connectivity index (χ0n) is 12.3.